The summed E-state index contributed by atoms with van der Waals surface area (Å²) in [5.41, 5.74) is 2.02. The summed E-state index contributed by atoms with van der Waals surface area (Å²) < 4.78 is 2.02. The van der Waals surface area contributed by atoms with Crippen molar-refractivity contribution in [1.29, 1.82) is 0 Å². The molecule has 1 amide bonds. The van der Waals surface area contributed by atoms with Gasteiger partial charge in [0.2, 0.25) is 0 Å². The molecular formula is C19H25N3OS. The molecule has 0 bridgehead atoms. The minimum absolute atomic E-state index is 0.185. The van der Waals surface area contributed by atoms with Gasteiger partial charge in [-0.1, -0.05) is 30.8 Å². The van der Waals surface area contributed by atoms with E-state index in [-0.39, 0.29) is 5.91 Å². The van der Waals surface area contributed by atoms with Crippen LogP contribution < -0.4 is 0 Å². The van der Waals surface area contributed by atoms with Crippen molar-refractivity contribution in [1.82, 2.24) is 14.5 Å². The molecule has 1 aromatic carbocycles. The van der Waals surface area contributed by atoms with E-state index in [1.165, 1.54) is 12.0 Å². The number of rotatable bonds is 5. The molecule has 2 heterocycles. The third-order valence-corrected chi connectivity index (χ3v) is 5.83. The Morgan fingerprint density at radius 3 is 2.75 bits per heavy atom. The largest absolute Gasteiger partial charge is 0.336 e. The molecule has 0 radical (unpaired) electrons. The monoisotopic (exact) mass is 343 g/mol. The van der Waals surface area contributed by atoms with E-state index in [1.807, 2.05) is 36.1 Å². The van der Waals surface area contributed by atoms with Crippen molar-refractivity contribution in [2.24, 2.45) is 7.05 Å². The number of benzene rings is 1. The maximum Gasteiger partial charge on any atom is 0.254 e. The van der Waals surface area contributed by atoms with Crippen molar-refractivity contribution in [3.8, 4) is 0 Å². The molecule has 1 fully saturated rings. The van der Waals surface area contributed by atoms with Gasteiger partial charge in [0.05, 0.1) is 0 Å². The molecule has 128 valence electrons. The lowest BCUT2D eigenvalue weighted by Crippen LogP contribution is -2.43. The van der Waals surface area contributed by atoms with Crippen LogP contribution in [-0.2, 0) is 12.8 Å². The van der Waals surface area contributed by atoms with Crippen LogP contribution in [0.25, 0.3) is 0 Å². The van der Waals surface area contributed by atoms with Gasteiger partial charge >= 0.3 is 0 Å². The van der Waals surface area contributed by atoms with Gasteiger partial charge in [0, 0.05) is 43.3 Å². The zero-order valence-electron chi connectivity index (χ0n) is 14.4. The Morgan fingerprint density at radius 2 is 2.08 bits per heavy atom. The van der Waals surface area contributed by atoms with Gasteiger partial charge in [-0.25, -0.2) is 4.98 Å². The van der Waals surface area contributed by atoms with E-state index in [2.05, 4.69) is 28.9 Å². The molecule has 0 aliphatic carbocycles. The van der Waals surface area contributed by atoms with Crippen LogP contribution in [-0.4, -0.2) is 32.9 Å². The first-order valence-corrected chi connectivity index (χ1v) is 9.67. The maximum absolute atomic E-state index is 12.8. The highest BCUT2D eigenvalue weighted by Crippen LogP contribution is 2.23. The summed E-state index contributed by atoms with van der Waals surface area (Å²) in [6, 6.07) is 8.47. The molecule has 1 saturated heterocycles. The van der Waals surface area contributed by atoms with Crippen molar-refractivity contribution in [2.45, 2.75) is 49.6 Å². The van der Waals surface area contributed by atoms with E-state index >= 15 is 0 Å². The molecule has 1 unspecified atom stereocenters. The average molecular weight is 343 g/mol. The number of nitrogens with zero attached hydrogens (tertiary/aromatic N) is 3. The van der Waals surface area contributed by atoms with Gasteiger partial charge in [0.25, 0.3) is 5.91 Å². The van der Waals surface area contributed by atoms with Gasteiger partial charge < -0.3 is 9.47 Å². The summed E-state index contributed by atoms with van der Waals surface area (Å²) in [7, 11) is 2.00. The number of aryl methyl sites for hydroxylation is 1. The fraction of sp³-hybridized carbons (Fsp3) is 0.474. The highest BCUT2D eigenvalue weighted by molar-refractivity contribution is 7.98. The Hall–Kier alpha value is -1.75. The minimum Gasteiger partial charge on any atom is -0.336 e. The Balaban J connectivity index is 1.63. The topological polar surface area (TPSA) is 38.1 Å². The van der Waals surface area contributed by atoms with Crippen LogP contribution >= 0.6 is 11.8 Å². The third kappa shape index (κ3) is 3.83. The first-order chi connectivity index (χ1) is 11.7. The van der Waals surface area contributed by atoms with Crippen LogP contribution in [0.2, 0.25) is 0 Å². The van der Waals surface area contributed by atoms with E-state index in [9.17, 15) is 4.79 Å². The van der Waals surface area contributed by atoms with Crippen LogP contribution in [0, 0.1) is 0 Å². The number of hydrogen-bond acceptors (Lipinski definition) is 3. The summed E-state index contributed by atoms with van der Waals surface area (Å²) >= 11 is 1.71. The molecular weight excluding hydrogens is 318 g/mol. The smallest absolute Gasteiger partial charge is 0.254 e. The number of amides is 1. The van der Waals surface area contributed by atoms with E-state index in [1.54, 1.807) is 11.8 Å². The van der Waals surface area contributed by atoms with Gasteiger partial charge in [-0.05, 0) is 43.4 Å². The molecule has 0 spiro atoms. The fourth-order valence-corrected chi connectivity index (χ4v) is 4.13. The molecule has 1 aromatic heterocycles. The zero-order chi connectivity index (χ0) is 16.9. The number of carbonyl (C=O) groups excluding carboxylic acids is 1. The molecule has 2 aromatic rings. The quantitative estimate of drug-likeness (QED) is 0.767. The molecule has 1 atom stereocenters. The minimum atomic E-state index is 0.185. The number of thioether (sulfide) groups is 1. The lowest BCUT2D eigenvalue weighted by atomic mass is 9.98. The van der Waals surface area contributed by atoms with Crippen LogP contribution in [0.1, 0.15) is 48.5 Å². The summed E-state index contributed by atoms with van der Waals surface area (Å²) in [6.45, 7) is 3.07. The number of hydrogen-bond donors (Lipinski definition) is 0. The normalized spacial score (nSPS) is 17.9. The van der Waals surface area contributed by atoms with E-state index in [0.717, 1.165) is 42.3 Å². The predicted octanol–water partition coefficient (Wildman–Crippen LogP) is 4.12. The van der Waals surface area contributed by atoms with Crippen molar-refractivity contribution >= 4 is 17.7 Å². The molecule has 1 aliphatic rings. The van der Waals surface area contributed by atoms with Crippen molar-refractivity contribution in [2.75, 3.05) is 6.54 Å². The summed E-state index contributed by atoms with van der Waals surface area (Å²) in [4.78, 5) is 19.2. The Labute approximate surface area is 148 Å². The number of piperidine rings is 1. The molecule has 5 heteroatoms. The third-order valence-electron chi connectivity index (χ3n) is 4.71. The molecule has 24 heavy (non-hydrogen) atoms. The highest BCUT2D eigenvalue weighted by Gasteiger charge is 2.25. The molecule has 4 nitrogen and oxygen atoms in total. The van der Waals surface area contributed by atoms with Crippen molar-refractivity contribution in [3.63, 3.8) is 0 Å². The van der Waals surface area contributed by atoms with Gasteiger partial charge in [0.1, 0.15) is 0 Å². The van der Waals surface area contributed by atoms with E-state index in [0.29, 0.717) is 6.04 Å². The van der Waals surface area contributed by atoms with Crippen molar-refractivity contribution < 1.29 is 4.79 Å². The second-order valence-electron chi connectivity index (χ2n) is 6.36. The van der Waals surface area contributed by atoms with E-state index < -0.39 is 0 Å². The SMILES string of the molecule is CCC1CCCCN1C(=O)c1ccc(CSc2nccn2C)cc1. The summed E-state index contributed by atoms with van der Waals surface area (Å²) in [6.07, 6.45) is 8.32. The van der Waals surface area contributed by atoms with Gasteiger partial charge in [-0.3, -0.25) is 4.79 Å². The van der Waals surface area contributed by atoms with Gasteiger partial charge in [0.15, 0.2) is 5.16 Å². The Kier molecular flexibility index (Phi) is 5.61. The summed E-state index contributed by atoms with van der Waals surface area (Å²) in [5.74, 6) is 1.05. The second-order valence-corrected chi connectivity index (χ2v) is 7.31. The maximum atomic E-state index is 12.8. The van der Waals surface area contributed by atoms with Crippen LogP contribution in [0.4, 0.5) is 0 Å². The Bertz CT molecular complexity index is 680. The highest BCUT2D eigenvalue weighted by atomic mass is 32.2. The zero-order valence-corrected chi connectivity index (χ0v) is 15.3. The molecule has 0 saturated carbocycles. The first-order valence-electron chi connectivity index (χ1n) is 8.69. The standard InChI is InChI=1S/C19H25N3OS/c1-3-17-6-4-5-12-22(17)18(23)16-9-7-15(8-10-16)14-24-19-20-11-13-21(19)2/h7-11,13,17H,3-6,12,14H2,1-2H3. The van der Waals surface area contributed by atoms with Gasteiger partial charge in [-0.2, -0.15) is 0 Å². The van der Waals surface area contributed by atoms with E-state index in [4.69, 9.17) is 0 Å². The Morgan fingerprint density at radius 1 is 1.29 bits per heavy atom. The van der Waals surface area contributed by atoms with Gasteiger partial charge in [-0.15, -0.1) is 0 Å². The van der Waals surface area contributed by atoms with Crippen molar-refractivity contribution in [3.05, 3.63) is 47.8 Å². The molecule has 0 N–H and O–H groups in total. The lowest BCUT2D eigenvalue weighted by molar-refractivity contribution is 0.0608. The predicted molar refractivity (Wildman–Crippen MR) is 98.2 cm³/mol. The van der Waals surface area contributed by atoms with Crippen LogP contribution in [0.15, 0.2) is 41.8 Å². The number of carbonyl (C=O) groups is 1. The number of aromatic nitrogens is 2. The number of imidazole rings is 1. The lowest BCUT2D eigenvalue weighted by Gasteiger charge is -2.35. The average Bonchev–Trinajstić information content (AvgIpc) is 3.04. The summed E-state index contributed by atoms with van der Waals surface area (Å²) in [5, 5.41) is 1.01. The fourth-order valence-electron chi connectivity index (χ4n) is 3.24. The van der Waals surface area contributed by atoms with Crippen LogP contribution in [0.5, 0.6) is 0 Å². The van der Waals surface area contributed by atoms with Crippen LogP contribution in [0.3, 0.4) is 0 Å². The second kappa shape index (κ2) is 7.88. The molecule has 1 aliphatic heterocycles. The molecule has 3 rings (SSSR count). The number of likely N-dealkylation sites (tertiary alicyclic amines) is 1. The first kappa shape index (κ1) is 17.1.